The number of methoxy groups -OCH3 is 1. The average Bonchev–Trinajstić information content (AvgIpc) is 2.36. The molecule has 100 valence electrons. The van der Waals surface area contributed by atoms with Gasteiger partial charge in [0.25, 0.3) is 0 Å². The Morgan fingerprint density at radius 3 is 2.50 bits per heavy atom. The molecule has 0 aliphatic rings. The average molecular weight is 254 g/mol. The van der Waals surface area contributed by atoms with Crippen molar-refractivity contribution in [2.45, 2.75) is 19.4 Å². The van der Waals surface area contributed by atoms with Crippen molar-refractivity contribution < 1.29 is 24.1 Å². The minimum absolute atomic E-state index is 0.185. The highest BCUT2D eigenvalue weighted by Crippen LogP contribution is 2.20. The Kier molecular flexibility index (Phi) is 4.97. The van der Waals surface area contributed by atoms with Gasteiger partial charge in [0.15, 0.2) is 5.60 Å². The molecule has 0 aliphatic heterocycles. The molecule has 0 bridgehead atoms. The summed E-state index contributed by atoms with van der Waals surface area (Å²) in [5, 5.41) is 9.79. The smallest absolute Gasteiger partial charge is 0.341 e. The van der Waals surface area contributed by atoms with Crippen LogP contribution >= 0.6 is 0 Å². The lowest BCUT2D eigenvalue weighted by Crippen LogP contribution is -2.42. The highest BCUT2D eigenvalue weighted by Gasteiger charge is 2.32. The van der Waals surface area contributed by atoms with Gasteiger partial charge in [0.05, 0.1) is 13.7 Å². The van der Waals surface area contributed by atoms with Crippen molar-refractivity contribution in [2.24, 2.45) is 0 Å². The fourth-order valence-corrected chi connectivity index (χ4v) is 1.32. The van der Waals surface area contributed by atoms with Crippen LogP contribution in [0.1, 0.15) is 13.8 Å². The predicted octanol–water partition coefficient (Wildman–Crippen LogP) is 1.39. The van der Waals surface area contributed by atoms with Crippen molar-refractivity contribution in [1.29, 1.82) is 0 Å². The third-order valence-electron chi connectivity index (χ3n) is 2.26. The van der Waals surface area contributed by atoms with Crippen LogP contribution in [-0.4, -0.2) is 37.0 Å². The molecule has 0 amide bonds. The normalized spacial score (nSPS) is 13.6. The first kappa shape index (κ1) is 14.3. The molecule has 1 atom stereocenters. The fraction of sp³-hybridized carbons (Fsp3) is 0.462. The number of hydrogen-bond acceptors (Lipinski definition) is 5. The second kappa shape index (κ2) is 6.26. The lowest BCUT2D eigenvalue weighted by Gasteiger charge is -2.20. The van der Waals surface area contributed by atoms with Gasteiger partial charge in [-0.15, -0.1) is 0 Å². The second-order valence-corrected chi connectivity index (χ2v) is 3.96. The van der Waals surface area contributed by atoms with Crippen LogP contribution in [0.3, 0.4) is 0 Å². The number of aliphatic hydroxyl groups is 1. The number of ether oxygens (including phenoxy) is 3. The van der Waals surface area contributed by atoms with Crippen molar-refractivity contribution in [1.82, 2.24) is 0 Å². The molecule has 0 fully saturated rings. The summed E-state index contributed by atoms with van der Waals surface area (Å²) in [6.45, 7) is 3.60. The van der Waals surface area contributed by atoms with E-state index in [1.807, 2.05) is 6.92 Å². The maximum Gasteiger partial charge on any atom is 0.341 e. The van der Waals surface area contributed by atoms with Gasteiger partial charge in [0, 0.05) is 6.07 Å². The monoisotopic (exact) mass is 254 g/mol. The van der Waals surface area contributed by atoms with Crippen LogP contribution < -0.4 is 9.47 Å². The summed E-state index contributed by atoms with van der Waals surface area (Å²) in [6.07, 6.45) is 0. The van der Waals surface area contributed by atoms with Crippen molar-refractivity contribution in [2.75, 3.05) is 20.3 Å². The molecule has 0 heterocycles. The van der Waals surface area contributed by atoms with Gasteiger partial charge >= 0.3 is 5.97 Å². The highest BCUT2D eigenvalue weighted by atomic mass is 16.6. The first-order valence-electron chi connectivity index (χ1n) is 5.66. The van der Waals surface area contributed by atoms with Crippen molar-refractivity contribution in [3.63, 3.8) is 0 Å². The summed E-state index contributed by atoms with van der Waals surface area (Å²) in [7, 11) is 1.21. The van der Waals surface area contributed by atoms with Gasteiger partial charge in [-0.25, -0.2) is 4.79 Å². The van der Waals surface area contributed by atoms with Crippen LogP contribution in [0.5, 0.6) is 11.5 Å². The molecule has 0 saturated carbocycles. The Labute approximate surface area is 106 Å². The van der Waals surface area contributed by atoms with E-state index in [9.17, 15) is 9.90 Å². The summed E-state index contributed by atoms with van der Waals surface area (Å²) in [4.78, 5) is 11.2. The number of esters is 1. The first-order valence-corrected chi connectivity index (χ1v) is 5.66. The Balaban J connectivity index is 2.63. The molecule has 0 aliphatic carbocycles. The minimum Gasteiger partial charge on any atom is -0.494 e. The van der Waals surface area contributed by atoms with Crippen LogP contribution in [0.25, 0.3) is 0 Å². The number of carbonyl (C=O) groups is 1. The molecule has 0 aromatic heterocycles. The van der Waals surface area contributed by atoms with Gasteiger partial charge in [-0.05, 0) is 26.0 Å². The highest BCUT2D eigenvalue weighted by molar-refractivity contribution is 5.78. The van der Waals surface area contributed by atoms with Gasteiger partial charge in [-0.2, -0.15) is 0 Å². The van der Waals surface area contributed by atoms with Gasteiger partial charge in [-0.3, -0.25) is 0 Å². The third-order valence-corrected chi connectivity index (χ3v) is 2.26. The van der Waals surface area contributed by atoms with Crippen molar-refractivity contribution >= 4 is 5.97 Å². The molecule has 0 radical (unpaired) electrons. The molecule has 1 rings (SSSR count). The zero-order chi connectivity index (χ0) is 13.6. The summed E-state index contributed by atoms with van der Waals surface area (Å²) >= 11 is 0. The van der Waals surface area contributed by atoms with Crippen molar-refractivity contribution in [3.8, 4) is 11.5 Å². The van der Waals surface area contributed by atoms with Gasteiger partial charge in [0.2, 0.25) is 0 Å². The molecule has 1 N–H and O–H groups in total. The van der Waals surface area contributed by atoms with Crippen LogP contribution in [-0.2, 0) is 9.53 Å². The Morgan fingerprint density at radius 2 is 1.94 bits per heavy atom. The molecular weight excluding hydrogens is 236 g/mol. The zero-order valence-corrected chi connectivity index (χ0v) is 10.8. The summed E-state index contributed by atoms with van der Waals surface area (Å²) in [5.41, 5.74) is -1.67. The van der Waals surface area contributed by atoms with E-state index in [2.05, 4.69) is 4.74 Å². The Hall–Kier alpha value is -1.75. The van der Waals surface area contributed by atoms with E-state index in [1.54, 1.807) is 24.3 Å². The third kappa shape index (κ3) is 3.92. The van der Waals surface area contributed by atoms with E-state index < -0.39 is 11.6 Å². The molecule has 0 saturated heterocycles. The summed E-state index contributed by atoms with van der Waals surface area (Å²) in [5.74, 6) is 0.460. The van der Waals surface area contributed by atoms with E-state index in [0.29, 0.717) is 18.1 Å². The van der Waals surface area contributed by atoms with Crippen LogP contribution in [0.15, 0.2) is 24.3 Å². The van der Waals surface area contributed by atoms with E-state index in [4.69, 9.17) is 9.47 Å². The molecule has 1 unspecified atom stereocenters. The Morgan fingerprint density at radius 1 is 1.33 bits per heavy atom. The summed E-state index contributed by atoms with van der Waals surface area (Å²) < 4.78 is 15.1. The maximum absolute atomic E-state index is 11.2. The predicted molar refractivity (Wildman–Crippen MR) is 65.7 cm³/mol. The molecule has 5 nitrogen and oxygen atoms in total. The van der Waals surface area contributed by atoms with Gasteiger partial charge in [-0.1, -0.05) is 6.07 Å². The lowest BCUT2D eigenvalue weighted by atomic mass is 10.1. The van der Waals surface area contributed by atoms with Gasteiger partial charge < -0.3 is 19.3 Å². The topological polar surface area (TPSA) is 65.0 Å². The van der Waals surface area contributed by atoms with Crippen LogP contribution in [0.4, 0.5) is 0 Å². The number of rotatable bonds is 6. The summed E-state index contributed by atoms with van der Waals surface area (Å²) in [6, 6.07) is 6.98. The standard InChI is InChI=1S/C13H18O5/c1-4-17-10-6-5-7-11(8-10)18-9-13(2,15)12(14)16-3/h5-8,15H,4,9H2,1-3H3. The van der Waals surface area contributed by atoms with Gasteiger partial charge in [0.1, 0.15) is 18.1 Å². The number of carbonyl (C=O) groups excluding carboxylic acids is 1. The SMILES string of the molecule is CCOc1cccc(OCC(C)(O)C(=O)OC)c1. The number of hydrogen-bond donors (Lipinski definition) is 1. The Bertz CT molecular complexity index is 400. The second-order valence-electron chi connectivity index (χ2n) is 3.96. The van der Waals surface area contributed by atoms with E-state index in [-0.39, 0.29) is 6.61 Å². The maximum atomic E-state index is 11.2. The first-order chi connectivity index (χ1) is 8.49. The molecular formula is C13H18O5. The molecule has 1 aromatic rings. The quantitative estimate of drug-likeness (QED) is 0.777. The number of benzene rings is 1. The van der Waals surface area contributed by atoms with E-state index >= 15 is 0 Å². The zero-order valence-electron chi connectivity index (χ0n) is 10.8. The van der Waals surface area contributed by atoms with Crippen LogP contribution in [0, 0.1) is 0 Å². The largest absolute Gasteiger partial charge is 0.494 e. The van der Waals surface area contributed by atoms with E-state index in [1.165, 1.54) is 14.0 Å². The van der Waals surface area contributed by atoms with Crippen molar-refractivity contribution in [3.05, 3.63) is 24.3 Å². The molecule has 0 spiro atoms. The van der Waals surface area contributed by atoms with Crippen LogP contribution in [0.2, 0.25) is 0 Å². The fourth-order valence-electron chi connectivity index (χ4n) is 1.32. The molecule has 18 heavy (non-hydrogen) atoms. The minimum atomic E-state index is -1.67. The molecule has 5 heteroatoms. The molecule has 1 aromatic carbocycles. The lowest BCUT2D eigenvalue weighted by molar-refractivity contribution is -0.163. The van der Waals surface area contributed by atoms with E-state index in [0.717, 1.165) is 0 Å².